The highest BCUT2D eigenvalue weighted by Crippen LogP contribution is 2.39. The zero-order valence-corrected chi connectivity index (χ0v) is 9.25. The first kappa shape index (κ1) is 10.3. The van der Waals surface area contributed by atoms with Gasteiger partial charge in [-0.05, 0) is 30.9 Å². The lowest BCUT2D eigenvalue weighted by molar-refractivity contribution is 0.0950. The van der Waals surface area contributed by atoms with Crippen LogP contribution in [0.4, 0.5) is 0 Å². The van der Waals surface area contributed by atoms with E-state index < -0.39 is 4.75 Å². The lowest BCUT2D eigenvalue weighted by Gasteiger charge is -2.21. The number of para-hydroxylation sites is 1. The predicted molar refractivity (Wildman–Crippen MR) is 62.2 cm³/mol. The molecule has 0 amide bonds. The summed E-state index contributed by atoms with van der Waals surface area (Å²) in [6, 6.07) is 6.70. The third-order valence-corrected chi connectivity index (χ3v) is 3.76. The third kappa shape index (κ3) is 1.79. The molecule has 1 aromatic carbocycles. The zero-order chi connectivity index (χ0) is 10.9. The van der Waals surface area contributed by atoms with E-state index in [1.54, 1.807) is 24.3 Å². The minimum atomic E-state index is -0.446. The Labute approximate surface area is 93.0 Å². The highest BCUT2D eigenvalue weighted by Gasteiger charge is 2.36. The number of rotatable bonds is 2. The van der Waals surface area contributed by atoms with Crippen LogP contribution in [0.3, 0.4) is 0 Å². The average molecular weight is 220 g/mol. The molecule has 78 valence electrons. The van der Waals surface area contributed by atoms with E-state index >= 15 is 0 Å². The van der Waals surface area contributed by atoms with E-state index in [9.17, 15) is 9.90 Å². The Hall–Kier alpha value is -1.22. The maximum atomic E-state index is 12.2. The number of ketones is 1. The Bertz CT molecular complexity index is 415. The van der Waals surface area contributed by atoms with E-state index in [2.05, 4.69) is 0 Å². The molecule has 0 fully saturated rings. The van der Waals surface area contributed by atoms with Gasteiger partial charge < -0.3 is 5.11 Å². The maximum absolute atomic E-state index is 12.2. The predicted octanol–water partition coefficient (Wildman–Crippen LogP) is 2.98. The van der Waals surface area contributed by atoms with Gasteiger partial charge in [0.15, 0.2) is 5.78 Å². The lowest BCUT2D eigenvalue weighted by Crippen LogP contribution is -2.28. The first-order valence-corrected chi connectivity index (χ1v) is 5.67. The molecule has 0 saturated heterocycles. The van der Waals surface area contributed by atoms with E-state index in [0.717, 1.165) is 6.42 Å². The van der Waals surface area contributed by atoms with Gasteiger partial charge in [-0.3, -0.25) is 4.79 Å². The van der Waals surface area contributed by atoms with Gasteiger partial charge in [0.1, 0.15) is 5.75 Å². The number of thioether (sulfide) groups is 1. The fourth-order valence-corrected chi connectivity index (χ4v) is 2.52. The molecule has 0 bridgehead atoms. The van der Waals surface area contributed by atoms with Gasteiger partial charge in [-0.2, -0.15) is 0 Å². The summed E-state index contributed by atoms with van der Waals surface area (Å²) in [6.07, 6.45) is 2.72. The minimum Gasteiger partial charge on any atom is -0.507 e. The number of benzene rings is 1. The summed E-state index contributed by atoms with van der Waals surface area (Å²) in [5.41, 5.74) is 0.413. The van der Waals surface area contributed by atoms with E-state index in [1.165, 1.54) is 11.8 Å². The summed E-state index contributed by atoms with van der Waals surface area (Å²) >= 11 is 1.52. The molecule has 1 heterocycles. The van der Waals surface area contributed by atoms with Crippen molar-refractivity contribution in [2.75, 3.05) is 0 Å². The molecule has 15 heavy (non-hydrogen) atoms. The molecule has 2 nitrogen and oxygen atoms in total. The quantitative estimate of drug-likeness (QED) is 0.778. The average Bonchev–Trinajstić information content (AvgIpc) is 2.66. The van der Waals surface area contributed by atoms with Crippen LogP contribution in [0, 0.1) is 0 Å². The first-order chi connectivity index (χ1) is 7.13. The van der Waals surface area contributed by atoms with Crippen LogP contribution >= 0.6 is 11.8 Å². The summed E-state index contributed by atoms with van der Waals surface area (Å²) in [4.78, 5) is 12.2. The Balaban J connectivity index is 2.33. The van der Waals surface area contributed by atoms with Crippen LogP contribution in [0.1, 0.15) is 23.7 Å². The van der Waals surface area contributed by atoms with Gasteiger partial charge in [0.05, 0.1) is 10.3 Å². The minimum absolute atomic E-state index is 0.00407. The second-order valence-electron chi connectivity index (χ2n) is 3.77. The van der Waals surface area contributed by atoms with Crippen LogP contribution < -0.4 is 0 Å². The van der Waals surface area contributed by atoms with Gasteiger partial charge in [0.2, 0.25) is 0 Å². The van der Waals surface area contributed by atoms with E-state index in [1.807, 2.05) is 18.4 Å². The van der Waals surface area contributed by atoms with Crippen molar-refractivity contribution in [2.24, 2.45) is 0 Å². The number of allylic oxidation sites excluding steroid dienone is 1. The molecule has 1 aliphatic heterocycles. The molecule has 1 aliphatic rings. The molecule has 0 saturated carbocycles. The van der Waals surface area contributed by atoms with Crippen molar-refractivity contribution in [1.82, 2.24) is 0 Å². The van der Waals surface area contributed by atoms with Crippen LogP contribution in [-0.4, -0.2) is 15.6 Å². The summed E-state index contributed by atoms with van der Waals surface area (Å²) < 4.78 is -0.446. The zero-order valence-electron chi connectivity index (χ0n) is 8.43. The second-order valence-corrected chi connectivity index (χ2v) is 5.18. The smallest absolute Gasteiger partial charge is 0.182 e. The SMILES string of the molecule is CC1(C(=O)c2ccccc2O)CC=CS1. The Kier molecular flexibility index (Phi) is 2.57. The number of hydrogen-bond donors (Lipinski definition) is 1. The van der Waals surface area contributed by atoms with Crippen LogP contribution in [0.2, 0.25) is 0 Å². The van der Waals surface area contributed by atoms with Crippen LogP contribution in [-0.2, 0) is 0 Å². The third-order valence-electron chi connectivity index (χ3n) is 2.56. The van der Waals surface area contributed by atoms with Crippen molar-refractivity contribution in [3.63, 3.8) is 0 Å². The standard InChI is InChI=1S/C12H12O2S/c1-12(7-4-8-15-12)11(14)9-5-2-3-6-10(9)13/h2-6,8,13H,7H2,1H3. The van der Waals surface area contributed by atoms with Gasteiger partial charge in [0, 0.05) is 0 Å². The Morgan fingerprint density at radius 3 is 2.80 bits per heavy atom. The summed E-state index contributed by atoms with van der Waals surface area (Å²) in [5, 5.41) is 11.5. The fraction of sp³-hybridized carbons (Fsp3) is 0.250. The molecule has 1 aromatic rings. The summed E-state index contributed by atoms with van der Waals surface area (Å²) in [5.74, 6) is 0.0619. The monoisotopic (exact) mass is 220 g/mol. The lowest BCUT2D eigenvalue weighted by atomic mass is 9.95. The highest BCUT2D eigenvalue weighted by molar-refractivity contribution is 8.04. The van der Waals surface area contributed by atoms with E-state index in [4.69, 9.17) is 0 Å². The van der Waals surface area contributed by atoms with Crippen molar-refractivity contribution in [3.05, 3.63) is 41.3 Å². The number of phenolic OH excluding ortho intramolecular Hbond substituents is 1. The molecule has 1 N–H and O–H groups in total. The molecule has 3 heteroatoms. The normalized spacial score (nSPS) is 24.3. The number of Topliss-reactive ketones (excluding diaryl/α,β-unsaturated/α-hetero) is 1. The molecule has 0 radical (unpaired) electrons. The summed E-state index contributed by atoms with van der Waals surface area (Å²) in [7, 11) is 0. The number of hydrogen-bond acceptors (Lipinski definition) is 3. The fourth-order valence-electron chi connectivity index (χ4n) is 1.62. The highest BCUT2D eigenvalue weighted by atomic mass is 32.2. The first-order valence-electron chi connectivity index (χ1n) is 4.79. The van der Waals surface area contributed by atoms with Gasteiger partial charge >= 0.3 is 0 Å². The molecule has 0 aromatic heterocycles. The number of carbonyl (C=O) groups excluding carboxylic acids is 1. The number of carbonyl (C=O) groups is 1. The van der Waals surface area contributed by atoms with Crippen LogP contribution in [0.5, 0.6) is 5.75 Å². The molecule has 0 aliphatic carbocycles. The van der Waals surface area contributed by atoms with Crippen molar-refractivity contribution < 1.29 is 9.90 Å². The van der Waals surface area contributed by atoms with Crippen molar-refractivity contribution >= 4 is 17.5 Å². The van der Waals surface area contributed by atoms with Gasteiger partial charge in [0.25, 0.3) is 0 Å². The van der Waals surface area contributed by atoms with Crippen molar-refractivity contribution in [2.45, 2.75) is 18.1 Å². The topological polar surface area (TPSA) is 37.3 Å². The Morgan fingerprint density at radius 1 is 1.47 bits per heavy atom. The molecular weight excluding hydrogens is 208 g/mol. The van der Waals surface area contributed by atoms with E-state index in [0.29, 0.717) is 5.56 Å². The van der Waals surface area contributed by atoms with Gasteiger partial charge in [-0.1, -0.05) is 18.2 Å². The molecular formula is C12H12O2S. The Morgan fingerprint density at radius 2 is 2.20 bits per heavy atom. The van der Waals surface area contributed by atoms with Crippen molar-refractivity contribution in [3.8, 4) is 5.75 Å². The second kappa shape index (κ2) is 3.74. The van der Waals surface area contributed by atoms with Crippen LogP contribution in [0.15, 0.2) is 35.7 Å². The largest absolute Gasteiger partial charge is 0.507 e. The van der Waals surface area contributed by atoms with Crippen molar-refractivity contribution in [1.29, 1.82) is 0 Å². The molecule has 1 atom stereocenters. The molecule has 2 rings (SSSR count). The van der Waals surface area contributed by atoms with Gasteiger partial charge in [-0.25, -0.2) is 0 Å². The molecule has 1 unspecified atom stereocenters. The van der Waals surface area contributed by atoms with E-state index in [-0.39, 0.29) is 11.5 Å². The van der Waals surface area contributed by atoms with Crippen LogP contribution in [0.25, 0.3) is 0 Å². The number of phenols is 1. The van der Waals surface area contributed by atoms with Gasteiger partial charge in [-0.15, -0.1) is 11.8 Å². The molecule has 0 spiro atoms. The maximum Gasteiger partial charge on any atom is 0.182 e. The summed E-state index contributed by atoms with van der Waals surface area (Å²) in [6.45, 7) is 1.91. The number of aromatic hydroxyl groups is 1.